The SMILES string of the molecule is CC(Cc1ccc(Br)cc1)Nc1ccc(Br)cc1Br. The molecule has 0 radical (unpaired) electrons. The highest BCUT2D eigenvalue weighted by Gasteiger charge is 2.06. The summed E-state index contributed by atoms with van der Waals surface area (Å²) in [7, 11) is 0. The van der Waals surface area contributed by atoms with Crippen molar-refractivity contribution in [1.82, 2.24) is 0 Å². The molecule has 0 saturated heterocycles. The van der Waals surface area contributed by atoms with E-state index in [2.05, 4.69) is 96.4 Å². The fourth-order valence-corrected chi connectivity index (χ4v) is 3.32. The fourth-order valence-electron chi connectivity index (χ4n) is 1.90. The molecule has 100 valence electrons. The normalized spacial score (nSPS) is 12.2. The molecule has 0 fully saturated rings. The van der Waals surface area contributed by atoms with E-state index in [0.717, 1.165) is 25.5 Å². The molecular weight excluding hydrogens is 434 g/mol. The van der Waals surface area contributed by atoms with Crippen LogP contribution < -0.4 is 5.32 Å². The number of hydrogen-bond acceptors (Lipinski definition) is 1. The Kier molecular flexibility index (Phi) is 5.48. The molecule has 0 bridgehead atoms. The summed E-state index contributed by atoms with van der Waals surface area (Å²) in [6.07, 6.45) is 0.996. The molecule has 1 unspecified atom stereocenters. The molecule has 1 nitrogen and oxygen atoms in total. The second kappa shape index (κ2) is 6.91. The minimum Gasteiger partial charge on any atom is -0.381 e. The van der Waals surface area contributed by atoms with Crippen molar-refractivity contribution in [3.63, 3.8) is 0 Å². The van der Waals surface area contributed by atoms with Crippen molar-refractivity contribution in [1.29, 1.82) is 0 Å². The van der Waals surface area contributed by atoms with Gasteiger partial charge in [-0.05, 0) is 65.2 Å². The smallest absolute Gasteiger partial charge is 0.0487 e. The first-order valence-electron chi connectivity index (χ1n) is 6.00. The van der Waals surface area contributed by atoms with Gasteiger partial charge in [0.05, 0.1) is 0 Å². The molecular formula is C15H14Br3N. The first-order valence-corrected chi connectivity index (χ1v) is 8.38. The van der Waals surface area contributed by atoms with Crippen molar-refractivity contribution in [3.05, 3.63) is 61.4 Å². The molecule has 0 amide bonds. The van der Waals surface area contributed by atoms with E-state index in [1.54, 1.807) is 0 Å². The van der Waals surface area contributed by atoms with Crippen LogP contribution in [-0.2, 0) is 6.42 Å². The summed E-state index contributed by atoms with van der Waals surface area (Å²) in [5, 5.41) is 3.52. The number of anilines is 1. The molecule has 0 aromatic heterocycles. The standard InChI is InChI=1S/C15H14Br3N/c1-10(8-11-2-4-12(16)5-3-11)19-15-7-6-13(17)9-14(15)18/h2-7,9-10,19H,8H2,1H3. The number of rotatable bonds is 4. The third-order valence-corrected chi connectivity index (χ3v) is 4.47. The predicted molar refractivity (Wildman–Crippen MR) is 92.8 cm³/mol. The molecule has 1 N–H and O–H groups in total. The van der Waals surface area contributed by atoms with Crippen LogP contribution in [0.1, 0.15) is 12.5 Å². The zero-order valence-electron chi connectivity index (χ0n) is 10.5. The number of benzene rings is 2. The lowest BCUT2D eigenvalue weighted by molar-refractivity contribution is 0.789. The van der Waals surface area contributed by atoms with Crippen LogP contribution in [0.15, 0.2) is 55.9 Å². The van der Waals surface area contributed by atoms with E-state index in [-0.39, 0.29) is 0 Å². The van der Waals surface area contributed by atoms with Crippen molar-refractivity contribution in [3.8, 4) is 0 Å². The maximum absolute atomic E-state index is 3.57. The zero-order valence-corrected chi connectivity index (χ0v) is 15.2. The highest BCUT2D eigenvalue weighted by molar-refractivity contribution is 9.11. The maximum atomic E-state index is 3.57. The largest absolute Gasteiger partial charge is 0.381 e. The Labute approximate surface area is 139 Å². The number of hydrogen-bond donors (Lipinski definition) is 1. The van der Waals surface area contributed by atoms with Crippen LogP contribution in [0, 0.1) is 0 Å². The van der Waals surface area contributed by atoms with Gasteiger partial charge in [-0.25, -0.2) is 0 Å². The fraction of sp³-hybridized carbons (Fsp3) is 0.200. The molecule has 0 saturated carbocycles. The Morgan fingerprint density at radius 3 is 2.21 bits per heavy atom. The second-order valence-electron chi connectivity index (χ2n) is 4.50. The van der Waals surface area contributed by atoms with Crippen LogP contribution in [0.3, 0.4) is 0 Å². The lowest BCUT2D eigenvalue weighted by Crippen LogP contribution is -2.18. The van der Waals surface area contributed by atoms with E-state index in [0.29, 0.717) is 6.04 Å². The molecule has 2 aromatic rings. The van der Waals surface area contributed by atoms with Gasteiger partial charge in [-0.2, -0.15) is 0 Å². The van der Waals surface area contributed by atoms with E-state index in [9.17, 15) is 0 Å². The maximum Gasteiger partial charge on any atom is 0.0487 e. The molecule has 4 heteroatoms. The Hall–Kier alpha value is -0.320. The summed E-state index contributed by atoms with van der Waals surface area (Å²) >= 11 is 10.5. The minimum absolute atomic E-state index is 0.374. The van der Waals surface area contributed by atoms with E-state index >= 15 is 0 Å². The van der Waals surface area contributed by atoms with Crippen LogP contribution >= 0.6 is 47.8 Å². The van der Waals surface area contributed by atoms with E-state index in [1.165, 1.54) is 5.56 Å². The zero-order chi connectivity index (χ0) is 13.8. The molecule has 1 atom stereocenters. The van der Waals surface area contributed by atoms with Gasteiger partial charge in [0.15, 0.2) is 0 Å². The lowest BCUT2D eigenvalue weighted by Gasteiger charge is -2.17. The molecule has 2 rings (SSSR count). The predicted octanol–water partition coefficient (Wildman–Crippen LogP) is 6.02. The average molecular weight is 448 g/mol. The summed E-state index contributed by atoms with van der Waals surface area (Å²) in [6, 6.07) is 15.0. The summed E-state index contributed by atoms with van der Waals surface area (Å²) in [5.74, 6) is 0. The molecule has 2 aromatic carbocycles. The highest BCUT2D eigenvalue weighted by Crippen LogP contribution is 2.27. The van der Waals surface area contributed by atoms with Crippen molar-refractivity contribution >= 4 is 53.5 Å². The first kappa shape index (κ1) is 15.1. The van der Waals surface area contributed by atoms with Gasteiger partial charge in [0, 0.05) is 25.1 Å². The van der Waals surface area contributed by atoms with Crippen LogP contribution in [-0.4, -0.2) is 6.04 Å². The van der Waals surface area contributed by atoms with Gasteiger partial charge in [0.2, 0.25) is 0 Å². The Morgan fingerprint density at radius 2 is 1.58 bits per heavy atom. The van der Waals surface area contributed by atoms with Gasteiger partial charge in [0.25, 0.3) is 0 Å². The monoisotopic (exact) mass is 445 g/mol. The van der Waals surface area contributed by atoms with E-state index in [1.807, 2.05) is 6.07 Å². The Morgan fingerprint density at radius 1 is 0.947 bits per heavy atom. The van der Waals surface area contributed by atoms with Crippen molar-refractivity contribution in [2.45, 2.75) is 19.4 Å². The van der Waals surface area contributed by atoms with Gasteiger partial charge < -0.3 is 5.32 Å². The minimum atomic E-state index is 0.374. The third kappa shape index (κ3) is 4.62. The number of halogens is 3. The third-order valence-electron chi connectivity index (χ3n) is 2.79. The summed E-state index contributed by atoms with van der Waals surface area (Å²) in [6.45, 7) is 2.19. The van der Waals surface area contributed by atoms with Gasteiger partial charge >= 0.3 is 0 Å². The molecule has 0 aliphatic carbocycles. The average Bonchev–Trinajstić information content (AvgIpc) is 2.36. The summed E-state index contributed by atoms with van der Waals surface area (Å²) < 4.78 is 3.27. The molecule has 0 spiro atoms. The summed E-state index contributed by atoms with van der Waals surface area (Å²) in [5.41, 5.74) is 2.45. The van der Waals surface area contributed by atoms with E-state index < -0.39 is 0 Å². The van der Waals surface area contributed by atoms with Crippen LogP contribution in [0.2, 0.25) is 0 Å². The summed E-state index contributed by atoms with van der Waals surface area (Å²) in [4.78, 5) is 0. The molecule has 19 heavy (non-hydrogen) atoms. The van der Waals surface area contributed by atoms with E-state index in [4.69, 9.17) is 0 Å². The second-order valence-corrected chi connectivity index (χ2v) is 7.19. The van der Waals surface area contributed by atoms with Crippen molar-refractivity contribution in [2.75, 3.05) is 5.32 Å². The first-order chi connectivity index (χ1) is 9.04. The molecule has 0 aliphatic heterocycles. The Bertz CT molecular complexity index is 552. The van der Waals surface area contributed by atoms with Crippen molar-refractivity contribution < 1.29 is 0 Å². The van der Waals surface area contributed by atoms with Crippen LogP contribution in [0.25, 0.3) is 0 Å². The highest BCUT2D eigenvalue weighted by atomic mass is 79.9. The molecule has 0 aliphatic rings. The Balaban J connectivity index is 2.01. The van der Waals surface area contributed by atoms with Gasteiger partial charge in [-0.15, -0.1) is 0 Å². The topological polar surface area (TPSA) is 12.0 Å². The molecule has 0 heterocycles. The lowest BCUT2D eigenvalue weighted by atomic mass is 10.1. The van der Waals surface area contributed by atoms with Crippen molar-refractivity contribution in [2.24, 2.45) is 0 Å². The van der Waals surface area contributed by atoms with Gasteiger partial charge in [0.1, 0.15) is 0 Å². The van der Waals surface area contributed by atoms with Crippen LogP contribution in [0.4, 0.5) is 5.69 Å². The van der Waals surface area contributed by atoms with Crippen LogP contribution in [0.5, 0.6) is 0 Å². The van der Waals surface area contributed by atoms with Gasteiger partial charge in [-0.3, -0.25) is 0 Å². The number of nitrogens with one attached hydrogen (secondary N) is 1. The quantitative estimate of drug-likeness (QED) is 0.604. The van der Waals surface area contributed by atoms with Gasteiger partial charge in [-0.1, -0.05) is 44.0 Å².